The van der Waals surface area contributed by atoms with Crippen LogP contribution in [0.15, 0.2) is 0 Å². The minimum Gasteiger partial charge on any atom is -0.291 e. The van der Waals surface area contributed by atoms with Gasteiger partial charge in [-0.25, -0.2) is 0 Å². The average molecular weight is 113 g/mol. The Balaban J connectivity index is 3.03. The van der Waals surface area contributed by atoms with Gasteiger partial charge >= 0.3 is 0 Å². The van der Waals surface area contributed by atoms with Gasteiger partial charge in [0, 0.05) is 6.42 Å². The number of carbonyl (C=O) groups excluding carboxylic acids is 1. The van der Waals surface area contributed by atoms with Crippen LogP contribution in [0.5, 0.6) is 0 Å². The van der Waals surface area contributed by atoms with Crippen LogP contribution in [0.4, 0.5) is 0 Å². The van der Waals surface area contributed by atoms with E-state index in [9.17, 15) is 4.79 Å². The molecule has 0 saturated heterocycles. The Kier molecular flexibility index (Phi) is 4.62. The molecule has 0 spiro atoms. The second-order valence-corrected chi connectivity index (χ2v) is 2.24. The maximum absolute atomic E-state index is 9.77. The van der Waals surface area contributed by atoms with Crippen molar-refractivity contribution >= 4 is 6.29 Å². The summed E-state index contributed by atoms with van der Waals surface area (Å²) in [5.74, 6) is 0.539. The lowest BCUT2D eigenvalue weighted by Crippen LogP contribution is -1.92. The monoisotopic (exact) mass is 113 g/mol. The second-order valence-electron chi connectivity index (χ2n) is 2.24. The molecule has 1 radical (unpaired) electrons. The Morgan fingerprint density at radius 2 is 2.25 bits per heavy atom. The second kappa shape index (κ2) is 4.82. The summed E-state index contributed by atoms with van der Waals surface area (Å²) in [4.78, 5) is 9.77. The zero-order valence-electron chi connectivity index (χ0n) is 5.61. The Bertz CT molecular complexity index is 59.4. The SMILES string of the molecule is CCCC(C)C[C]=O. The van der Waals surface area contributed by atoms with Gasteiger partial charge < -0.3 is 0 Å². The average Bonchev–Trinajstić information content (AvgIpc) is 1.68. The third kappa shape index (κ3) is 3.85. The molecule has 0 aromatic carbocycles. The summed E-state index contributed by atoms with van der Waals surface area (Å²) in [5, 5.41) is 0. The standard InChI is InChI=1S/C7H13O/c1-3-4-7(2)5-6-8/h7H,3-5H2,1-2H3. The molecule has 0 heterocycles. The summed E-state index contributed by atoms with van der Waals surface area (Å²) >= 11 is 0. The highest BCUT2D eigenvalue weighted by atomic mass is 16.1. The normalized spacial score (nSPS) is 13.2. The van der Waals surface area contributed by atoms with E-state index in [-0.39, 0.29) is 0 Å². The van der Waals surface area contributed by atoms with Gasteiger partial charge in [0.1, 0.15) is 0 Å². The van der Waals surface area contributed by atoms with E-state index in [1.165, 1.54) is 6.42 Å². The molecule has 0 aliphatic carbocycles. The molecule has 1 nitrogen and oxygen atoms in total. The van der Waals surface area contributed by atoms with Gasteiger partial charge in [-0.3, -0.25) is 4.79 Å². The predicted molar refractivity (Wildman–Crippen MR) is 34.4 cm³/mol. The summed E-state index contributed by atoms with van der Waals surface area (Å²) < 4.78 is 0. The van der Waals surface area contributed by atoms with Crippen molar-refractivity contribution in [3.63, 3.8) is 0 Å². The smallest absolute Gasteiger partial charge is 0.198 e. The lowest BCUT2D eigenvalue weighted by molar-refractivity contribution is 0.501. The molecule has 1 atom stereocenters. The lowest BCUT2D eigenvalue weighted by Gasteiger charge is -2.01. The van der Waals surface area contributed by atoms with E-state index in [1.54, 1.807) is 0 Å². The first kappa shape index (κ1) is 7.67. The largest absolute Gasteiger partial charge is 0.291 e. The zero-order valence-corrected chi connectivity index (χ0v) is 5.61. The number of hydrogen-bond donors (Lipinski definition) is 0. The summed E-state index contributed by atoms with van der Waals surface area (Å²) in [7, 11) is 0. The lowest BCUT2D eigenvalue weighted by atomic mass is 10.0. The molecule has 0 fully saturated rings. The van der Waals surface area contributed by atoms with Crippen molar-refractivity contribution in [2.24, 2.45) is 5.92 Å². The predicted octanol–water partition coefficient (Wildman–Crippen LogP) is 1.92. The first-order chi connectivity index (χ1) is 3.81. The van der Waals surface area contributed by atoms with E-state index in [1.807, 2.05) is 6.29 Å². The van der Waals surface area contributed by atoms with Crippen molar-refractivity contribution in [2.75, 3.05) is 0 Å². The van der Waals surface area contributed by atoms with Crippen LogP contribution in [0.25, 0.3) is 0 Å². The molecular weight excluding hydrogens is 100 g/mol. The van der Waals surface area contributed by atoms with Crippen LogP contribution in [0.2, 0.25) is 0 Å². The van der Waals surface area contributed by atoms with Crippen molar-refractivity contribution < 1.29 is 4.79 Å². The molecule has 8 heavy (non-hydrogen) atoms. The summed E-state index contributed by atoms with van der Waals surface area (Å²) in [5.41, 5.74) is 0. The highest BCUT2D eigenvalue weighted by Crippen LogP contribution is 2.06. The molecule has 0 bridgehead atoms. The molecule has 0 aliphatic heterocycles. The minimum atomic E-state index is 0.539. The first-order valence-corrected chi connectivity index (χ1v) is 3.16. The van der Waals surface area contributed by atoms with Crippen LogP contribution in [0.1, 0.15) is 33.1 Å². The molecule has 0 rings (SSSR count). The molecule has 0 aromatic rings. The molecular formula is C7H13O. The summed E-state index contributed by atoms with van der Waals surface area (Å²) in [6.45, 7) is 4.20. The molecule has 0 amide bonds. The van der Waals surface area contributed by atoms with E-state index in [0.29, 0.717) is 12.3 Å². The quantitative estimate of drug-likeness (QED) is 0.544. The van der Waals surface area contributed by atoms with Crippen LogP contribution < -0.4 is 0 Å². The molecule has 47 valence electrons. The van der Waals surface area contributed by atoms with Gasteiger partial charge in [-0.2, -0.15) is 0 Å². The van der Waals surface area contributed by atoms with E-state index < -0.39 is 0 Å². The van der Waals surface area contributed by atoms with Crippen LogP contribution >= 0.6 is 0 Å². The molecule has 0 aromatic heterocycles. The first-order valence-electron chi connectivity index (χ1n) is 3.16. The fourth-order valence-corrected chi connectivity index (χ4v) is 0.737. The third-order valence-corrected chi connectivity index (χ3v) is 1.21. The minimum absolute atomic E-state index is 0.539. The van der Waals surface area contributed by atoms with Crippen molar-refractivity contribution in [1.82, 2.24) is 0 Å². The van der Waals surface area contributed by atoms with Crippen LogP contribution in [0, 0.1) is 5.92 Å². The number of rotatable bonds is 4. The van der Waals surface area contributed by atoms with Crippen molar-refractivity contribution in [1.29, 1.82) is 0 Å². The number of hydrogen-bond acceptors (Lipinski definition) is 1. The van der Waals surface area contributed by atoms with Gasteiger partial charge in [-0.15, -0.1) is 0 Å². The maximum Gasteiger partial charge on any atom is 0.198 e. The fourth-order valence-electron chi connectivity index (χ4n) is 0.737. The Hall–Kier alpha value is -0.330. The summed E-state index contributed by atoms with van der Waals surface area (Å²) in [6, 6.07) is 0. The van der Waals surface area contributed by atoms with E-state index in [2.05, 4.69) is 13.8 Å². The molecule has 0 saturated carbocycles. The fraction of sp³-hybridized carbons (Fsp3) is 0.857. The van der Waals surface area contributed by atoms with Crippen LogP contribution in [0.3, 0.4) is 0 Å². The van der Waals surface area contributed by atoms with E-state index in [0.717, 1.165) is 6.42 Å². The highest BCUT2D eigenvalue weighted by molar-refractivity contribution is 5.50. The van der Waals surface area contributed by atoms with Gasteiger partial charge in [0.2, 0.25) is 0 Å². The Morgan fingerprint density at radius 1 is 1.62 bits per heavy atom. The van der Waals surface area contributed by atoms with Crippen molar-refractivity contribution in [2.45, 2.75) is 33.1 Å². The van der Waals surface area contributed by atoms with Gasteiger partial charge in [0.05, 0.1) is 0 Å². The van der Waals surface area contributed by atoms with Crippen LogP contribution in [-0.2, 0) is 4.79 Å². The highest BCUT2D eigenvalue weighted by Gasteiger charge is 1.97. The van der Waals surface area contributed by atoms with Gasteiger partial charge in [-0.05, 0) is 5.92 Å². The maximum atomic E-state index is 9.77. The van der Waals surface area contributed by atoms with Gasteiger partial charge in [0.15, 0.2) is 6.29 Å². The topological polar surface area (TPSA) is 17.1 Å². The summed E-state index contributed by atoms with van der Waals surface area (Å²) in [6.07, 6.45) is 4.82. The zero-order chi connectivity index (χ0) is 6.41. The molecule has 0 N–H and O–H groups in total. The molecule has 0 aliphatic rings. The Morgan fingerprint density at radius 3 is 2.62 bits per heavy atom. The van der Waals surface area contributed by atoms with Gasteiger partial charge in [-0.1, -0.05) is 26.7 Å². The third-order valence-electron chi connectivity index (χ3n) is 1.21. The van der Waals surface area contributed by atoms with Gasteiger partial charge in [0.25, 0.3) is 0 Å². The molecule has 1 heteroatoms. The molecule has 1 unspecified atom stereocenters. The van der Waals surface area contributed by atoms with E-state index in [4.69, 9.17) is 0 Å². The van der Waals surface area contributed by atoms with Crippen LogP contribution in [-0.4, -0.2) is 6.29 Å². The Labute approximate surface area is 51.1 Å². The van der Waals surface area contributed by atoms with Crippen molar-refractivity contribution in [3.05, 3.63) is 0 Å². The van der Waals surface area contributed by atoms with E-state index >= 15 is 0 Å². The van der Waals surface area contributed by atoms with Crippen molar-refractivity contribution in [3.8, 4) is 0 Å².